The quantitative estimate of drug-likeness (QED) is 0.718. The zero-order valence-corrected chi connectivity index (χ0v) is 10.4. The first-order chi connectivity index (χ1) is 6.85. The van der Waals surface area contributed by atoms with Crippen LogP contribution in [-0.2, 0) is 4.79 Å². The number of hydrogen-bond donors (Lipinski definition) is 0. The molecule has 0 heterocycles. The van der Waals surface area contributed by atoms with E-state index in [1.165, 1.54) is 6.42 Å². The molecule has 0 aliphatic heterocycles. The Kier molecular flexibility index (Phi) is 3.80. The van der Waals surface area contributed by atoms with Crippen molar-refractivity contribution in [3.63, 3.8) is 0 Å². The van der Waals surface area contributed by atoms with E-state index in [1.807, 2.05) is 6.92 Å². The first kappa shape index (κ1) is 12.5. The molecule has 0 spiro atoms. The van der Waals surface area contributed by atoms with Gasteiger partial charge in [0.25, 0.3) is 0 Å². The summed E-state index contributed by atoms with van der Waals surface area (Å²) in [4.78, 5) is 11.0. The summed E-state index contributed by atoms with van der Waals surface area (Å²) in [5.74, 6) is -0.134. The monoisotopic (exact) mass is 211 g/mol. The highest BCUT2D eigenvalue weighted by molar-refractivity contribution is 5.67. The standard InChI is InChI=1S/C13H24O2/c1-5-11(12(14)15)10-6-9(2)7-13(3,4)8-10/h9-11H,5-8H2,1-4H3,(H,14,15)/p-1. The second-order valence-electron chi connectivity index (χ2n) is 6.01. The fraction of sp³-hybridized carbons (Fsp3) is 0.923. The molecule has 1 rings (SSSR count). The zero-order valence-electron chi connectivity index (χ0n) is 10.4. The third-order valence-electron chi connectivity index (χ3n) is 3.73. The van der Waals surface area contributed by atoms with Gasteiger partial charge in [-0.3, -0.25) is 0 Å². The maximum atomic E-state index is 11.0. The average Bonchev–Trinajstić information content (AvgIpc) is 1.99. The Hall–Kier alpha value is -0.530. The summed E-state index contributed by atoms with van der Waals surface area (Å²) >= 11 is 0. The van der Waals surface area contributed by atoms with E-state index in [2.05, 4.69) is 20.8 Å². The number of carboxylic acids is 1. The van der Waals surface area contributed by atoms with Gasteiger partial charge < -0.3 is 9.90 Å². The lowest BCUT2D eigenvalue weighted by atomic mass is 9.64. The fourth-order valence-corrected chi connectivity index (χ4v) is 3.42. The molecule has 1 aliphatic carbocycles. The molecule has 0 aromatic heterocycles. The van der Waals surface area contributed by atoms with E-state index in [9.17, 15) is 9.90 Å². The molecule has 1 saturated carbocycles. The van der Waals surface area contributed by atoms with Gasteiger partial charge in [0.05, 0.1) is 0 Å². The Morgan fingerprint density at radius 1 is 1.47 bits per heavy atom. The maximum absolute atomic E-state index is 11.0. The summed E-state index contributed by atoms with van der Waals surface area (Å²) in [5.41, 5.74) is 0.297. The molecule has 1 aliphatic rings. The molecule has 3 atom stereocenters. The number of rotatable bonds is 3. The van der Waals surface area contributed by atoms with Crippen molar-refractivity contribution in [2.24, 2.45) is 23.2 Å². The molecule has 2 nitrogen and oxygen atoms in total. The van der Waals surface area contributed by atoms with Crippen LogP contribution in [0.25, 0.3) is 0 Å². The number of carboxylic acid groups (broad SMARTS) is 1. The number of aliphatic carboxylic acids is 1. The summed E-state index contributed by atoms with van der Waals surface area (Å²) in [5, 5.41) is 11.0. The molecule has 3 unspecified atom stereocenters. The van der Waals surface area contributed by atoms with Crippen LogP contribution in [0.15, 0.2) is 0 Å². The molecule has 0 amide bonds. The van der Waals surface area contributed by atoms with Crippen LogP contribution in [0.4, 0.5) is 0 Å². The van der Waals surface area contributed by atoms with E-state index in [4.69, 9.17) is 0 Å². The van der Waals surface area contributed by atoms with Gasteiger partial charge in [-0.05, 0) is 42.9 Å². The fourth-order valence-electron chi connectivity index (χ4n) is 3.42. The highest BCUT2D eigenvalue weighted by Gasteiger charge is 2.35. The van der Waals surface area contributed by atoms with Crippen LogP contribution >= 0.6 is 0 Å². The van der Waals surface area contributed by atoms with Gasteiger partial charge in [-0.25, -0.2) is 0 Å². The lowest BCUT2D eigenvalue weighted by Crippen LogP contribution is -2.40. The van der Waals surface area contributed by atoms with Crippen molar-refractivity contribution in [1.29, 1.82) is 0 Å². The molecule has 2 heteroatoms. The molecular weight excluding hydrogens is 188 g/mol. The van der Waals surface area contributed by atoms with Crippen molar-refractivity contribution in [3.05, 3.63) is 0 Å². The molecule has 0 aromatic carbocycles. The molecule has 0 bridgehead atoms. The third kappa shape index (κ3) is 3.22. The van der Waals surface area contributed by atoms with Crippen LogP contribution in [0.3, 0.4) is 0 Å². The van der Waals surface area contributed by atoms with E-state index in [0.29, 0.717) is 23.7 Å². The van der Waals surface area contributed by atoms with Gasteiger partial charge in [0.15, 0.2) is 0 Å². The molecule has 0 saturated heterocycles. The number of carbonyl (C=O) groups is 1. The highest BCUT2D eigenvalue weighted by Crippen LogP contribution is 2.44. The zero-order chi connectivity index (χ0) is 11.6. The summed E-state index contributed by atoms with van der Waals surface area (Å²) in [6.45, 7) is 8.68. The Morgan fingerprint density at radius 3 is 2.47 bits per heavy atom. The maximum Gasteiger partial charge on any atom is 0.0447 e. The van der Waals surface area contributed by atoms with Crippen LogP contribution in [-0.4, -0.2) is 5.97 Å². The van der Waals surface area contributed by atoms with Crippen LogP contribution in [0, 0.1) is 23.2 Å². The summed E-state index contributed by atoms with van der Waals surface area (Å²) in [6, 6.07) is 0. The Bertz CT molecular complexity index is 233. The minimum atomic E-state index is -0.854. The lowest BCUT2D eigenvalue weighted by Gasteiger charge is -2.42. The first-order valence-corrected chi connectivity index (χ1v) is 6.06. The summed E-state index contributed by atoms with van der Waals surface area (Å²) in [6.07, 6.45) is 4.00. The van der Waals surface area contributed by atoms with Crippen LogP contribution < -0.4 is 5.11 Å². The minimum Gasteiger partial charge on any atom is -0.550 e. The van der Waals surface area contributed by atoms with E-state index in [1.54, 1.807) is 0 Å². The normalized spacial score (nSPS) is 32.3. The van der Waals surface area contributed by atoms with Crippen molar-refractivity contribution >= 4 is 5.97 Å². The second-order valence-corrected chi connectivity index (χ2v) is 6.01. The van der Waals surface area contributed by atoms with Crippen LogP contribution in [0.2, 0.25) is 0 Å². The predicted octanol–water partition coefficient (Wildman–Crippen LogP) is 2.22. The van der Waals surface area contributed by atoms with Gasteiger partial charge >= 0.3 is 0 Å². The second kappa shape index (κ2) is 4.54. The largest absolute Gasteiger partial charge is 0.550 e. The Morgan fingerprint density at radius 2 is 2.07 bits per heavy atom. The molecule has 88 valence electrons. The predicted molar refractivity (Wildman–Crippen MR) is 59.1 cm³/mol. The van der Waals surface area contributed by atoms with Crippen LogP contribution in [0.1, 0.15) is 53.4 Å². The SMILES string of the molecule is CCC(C(=O)[O-])C1CC(C)CC(C)(C)C1. The van der Waals surface area contributed by atoms with Crippen molar-refractivity contribution in [1.82, 2.24) is 0 Å². The molecular formula is C13H23O2-. The van der Waals surface area contributed by atoms with Gasteiger partial charge in [0.2, 0.25) is 0 Å². The highest BCUT2D eigenvalue weighted by atomic mass is 16.4. The van der Waals surface area contributed by atoms with E-state index >= 15 is 0 Å². The minimum absolute atomic E-state index is 0.243. The van der Waals surface area contributed by atoms with Gasteiger partial charge in [-0.1, -0.05) is 27.7 Å². The third-order valence-corrected chi connectivity index (χ3v) is 3.73. The van der Waals surface area contributed by atoms with Crippen molar-refractivity contribution < 1.29 is 9.90 Å². The summed E-state index contributed by atoms with van der Waals surface area (Å²) in [7, 11) is 0. The Labute approximate surface area is 93.1 Å². The van der Waals surface area contributed by atoms with Gasteiger partial charge in [0, 0.05) is 11.9 Å². The van der Waals surface area contributed by atoms with Gasteiger partial charge in [-0.15, -0.1) is 0 Å². The van der Waals surface area contributed by atoms with E-state index in [-0.39, 0.29) is 5.92 Å². The van der Waals surface area contributed by atoms with E-state index < -0.39 is 5.97 Å². The number of hydrogen-bond acceptors (Lipinski definition) is 2. The summed E-state index contributed by atoms with van der Waals surface area (Å²) < 4.78 is 0. The molecule has 15 heavy (non-hydrogen) atoms. The van der Waals surface area contributed by atoms with E-state index in [0.717, 1.165) is 12.8 Å². The lowest BCUT2D eigenvalue weighted by molar-refractivity contribution is -0.314. The van der Waals surface area contributed by atoms with Gasteiger partial charge in [-0.2, -0.15) is 0 Å². The smallest absolute Gasteiger partial charge is 0.0447 e. The molecule has 1 fully saturated rings. The molecule has 0 N–H and O–H groups in total. The Balaban J connectivity index is 2.72. The van der Waals surface area contributed by atoms with Crippen molar-refractivity contribution in [2.75, 3.05) is 0 Å². The molecule has 0 aromatic rings. The van der Waals surface area contributed by atoms with Gasteiger partial charge in [0.1, 0.15) is 0 Å². The molecule has 0 radical (unpaired) electrons. The average molecular weight is 211 g/mol. The van der Waals surface area contributed by atoms with Crippen LogP contribution in [0.5, 0.6) is 0 Å². The topological polar surface area (TPSA) is 40.1 Å². The van der Waals surface area contributed by atoms with Crippen molar-refractivity contribution in [3.8, 4) is 0 Å². The van der Waals surface area contributed by atoms with Crippen molar-refractivity contribution in [2.45, 2.75) is 53.4 Å². The number of carbonyl (C=O) groups excluding carboxylic acids is 1. The first-order valence-electron chi connectivity index (χ1n) is 6.06.